The van der Waals surface area contributed by atoms with Gasteiger partial charge < -0.3 is 5.11 Å². The lowest BCUT2D eigenvalue weighted by Crippen LogP contribution is -1.92. The summed E-state index contributed by atoms with van der Waals surface area (Å²) in [5.74, 6) is -0.0103. The molecule has 0 spiro atoms. The van der Waals surface area contributed by atoms with Crippen LogP contribution >= 0.6 is 0 Å². The molecular weight excluding hydrogens is 216 g/mol. The minimum atomic E-state index is -0.0103. The van der Waals surface area contributed by atoms with Gasteiger partial charge in [-0.05, 0) is 11.6 Å². The van der Waals surface area contributed by atoms with E-state index in [1.807, 2.05) is 0 Å². The fraction of sp³-hybridized carbons (Fsp3) is 0. The number of benzene rings is 2. The molecule has 1 N–H and O–H groups in total. The number of carbonyl (C=O) groups is 2. The fourth-order valence-electron chi connectivity index (χ4n) is 1.78. The first kappa shape index (κ1) is 11.1. The second kappa shape index (κ2) is 4.61. The summed E-state index contributed by atoms with van der Waals surface area (Å²) >= 11 is 0. The average molecular weight is 226 g/mol. The first-order chi connectivity index (χ1) is 8.27. The molecule has 3 heteroatoms. The van der Waals surface area contributed by atoms with Crippen molar-refractivity contribution in [1.82, 2.24) is 0 Å². The molecule has 0 bridgehead atoms. The molecule has 2 aromatic carbocycles. The Morgan fingerprint density at radius 3 is 2.18 bits per heavy atom. The van der Waals surface area contributed by atoms with Crippen LogP contribution in [0, 0.1) is 0 Å². The third-order valence-corrected chi connectivity index (χ3v) is 2.56. The third kappa shape index (κ3) is 1.95. The summed E-state index contributed by atoms with van der Waals surface area (Å²) in [5, 5.41) is 9.82. The molecule has 0 heterocycles. The Bertz CT molecular complexity index is 573. The van der Waals surface area contributed by atoms with Gasteiger partial charge in [-0.15, -0.1) is 0 Å². The SMILES string of the molecule is O=Cc1ccccc1-c1c(O)cccc1C=O. The highest BCUT2D eigenvalue weighted by Crippen LogP contribution is 2.33. The Balaban J connectivity index is 2.76. The number of hydrogen-bond acceptors (Lipinski definition) is 3. The van der Waals surface area contributed by atoms with Crippen molar-refractivity contribution in [3.63, 3.8) is 0 Å². The Labute approximate surface area is 98.3 Å². The van der Waals surface area contributed by atoms with Crippen LogP contribution in [0.1, 0.15) is 20.7 Å². The van der Waals surface area contributed by atoms with Crippen molar-refractivity contribution in [2.45, 2.75) is 0 Å². The molecular formula is C14H10O3. The van der Waals surface area contributed by atoms with E-state index in [0.717, 1.165) is 0 Å². The van der Waals surface area contributed by atoms with Gasteiger partial charge >= 0.3 is 0 Å². The molecule has 0 aliphatic heterocycles. The summed E-state index contributed by atoms with van der Waals surface area (Å²) in [5.41, 5.74) is 1.75. The number of aromatic hydroxyl groups is 1. The highest BCUT2D eigenvalue weighted by atomic mass is 16.3. The second-order valence-corrected chi connectivity index (χ2v) is 3.56. The quantitative estimate of drug-likeness (QED) is 0.818. The first-order valence-corrected chi connectivity index (χ1v) is 5.09. The number of phenols is 1. The topological polar surface area (TPSA) is 54.4 Å². The van der Waals surface area contributed by atoms with Gasteiger partial charge in [0.2, 0.25) is 0 Å². The van der Waals surface area contributed by atoms with Crippen molar-refractivity contribution in [2.24, 2.45) is 0 Å². The van der Waals surface area contributed by atoms with Gasteiger partial charge in [0.05, 0.1) is 0 Å². The minimum Gasteiger partial charge on any atom is -0.507 e. The standard InChI is InChI=1S/C14H10O3/c15-8-10-4-1-2-6-12(10)14-11(9-16)5-3-7-13(14)17/h1-9,17H. The molecule has 17 heavy (non-hydrogen) atoms. The van der Waals surface area contributed by atoms with E-state index in [4.69, 9.17) is 0 Å². The van der Waals surface area contributed by atoms with E-state index in [1.165, 1.54) is 6.07 Å². The largest absolute Gasteiger partial charge is 0.507 e. The van der Waals surface area contributed by atoms with E-state index >= 15 is 0 Å². The molecule has 2 aromatic rings. The number of rotatable bonds is 3. The lowest BCUT2D eigenvalue weighted by atomic mass is 9.95. The molecule has 0 atom stereocenters. The zero-order chi connectivity index (χ0) is 12.3. The van der Waals surface area contributed by atoms with Crippen LogP contribution in [-0.2, 0) is 0 Å². The number of hydrogen-bond donors (Lipinski definition) is 1. The van der Waals surface area contributed by atoms with Crippen molar-refractivity contribution in [3.05, 3.63) is 53.6 Å². The van der Waals surface area contributed by atoms with E-state index < -0.39 is 0 Å². The molecule has 2 rings (SSSR count). The minimum absolute atomic E-state index is 0.0103. The van der Waals surface area contributed by atoms with Gasteiger partial charge in [-0.1, -0.05) is 36.4 Å². The number of phenolic OH excluding ortho intramolecular Hbond substituents is 1. The van der Waals surface area contributed by atoms with Gasteiger partial charge in [-0.2, -0.15) is 0 Å². The van der Waals surface area contributed by atoms with Crippen molar-refractivity contribution >= 4 is 12.6 Å². The monoisotopic (exact) mass is 226 g/mol. The van der Waals surface area contributed by atoms with Crippen LogP contribution in [0.5, 0.6) is 5.75 Å². The lowest BCUT2D eigenvalue weighted by Gasteiger charge is -2.09. The van der Waals surface area contributed by atoms with Crippen molar-refractivity contribution in [2.75, 3.05) is 0 Å². The average Bonchev–Trinajstić information content (AvgIpc) is 2.38. The van der Waals surface area contributed by atoms with Gasteiger partial charge in [0.15, 0.2) is 12.6 Å². The summed E-state index contributed by atoms with van der Waals surface area (Å²) < 4.78 is 0. The Kier molecular flexibility index (Phi) is 3.01. The van der Waals surface area contributed by atoms with E-state index in [9.17, 15) is 14.7 Å². The smallest absolute Gasteiger partial charge is 0.150 e. The highest BCUT2D eigenvalue weighted by molar-refractivity contribution is 5.96. The first-order valence-electron chi connectivity index (χ1n) is 5.09. The highest BCUT2D eigenvalue weighted by Gasteiger charge is 2.12. The maximum atomic E-state index is 11.0. The Morgan fingerprint density at radius 1 is 0.824 bits per heavy atom. The summed E-state index contributed by atoms with van der Waals surface area (Å²) in [4.78, 5) is 21.9. The molecule has 0 saturated carbocycles. The molecule has 0 aliphatic carbocycles. The summed E-state index contributed by atoms with van der Waals surface area (Å²) in [6.07, 6.45) is 1.37. The van der Waals surface area contributed by atoms with Crippen LogP contribution in [0.25, 0.3) is 11.1 Å². The van der Waals surface area contributed by atoms with E-state index in [-0.39, 0.29) is 5.75 Å². The summed E-state index contributed by atoms with van der Waals surface area (Å²) in [6.45, 7) is 0. The summed E-state index contributed by atoms with van der Waals surface area (Å²) in [6, 6.07) is 11.5. The molecule has 0 amide bonds. The molecule has 0 fully saturated rings. The fourth-order valence-corrected chi connectivity index (χ4v) is 1.78. The molecule has 0 aromatic heterocycles. The molecule has 84 valence electrons. The van der Waals surface area contributed by atoms with Gasteiger partial charge in [-0.3, -0.25) is 9.59 Å². The van der Waals surface area contributed by atoms with Gasteiger partial charge in [0.25, 0.3) is 0 Å². The van der Waals surface area contributed by atoms with Crippen LogP contribution < -0.4 is 0 Å². The molecule has 0 saturated heterocycles. The predicted octanol–water partition coefficient (Wildman–Crippen LogP) is 2.68. The molecule has 0 radical (unpaired) electrons. The van der Waals surface area contributed by atoms with Crippen LogP contribution in [0.3, 0.4) is 0 Å². The number of carbonyl (C=O) groups excluding carboxylic acids is 2. The third-order valence-electron chi connectivity index (χ3n) is 2.56. The van der Waals surface area contributed by atoms with Crippen LogP contribution in [0.2, 0.25) is 0 Å². The zero-order valence-corrected chi connectivity index (χ0v) is 8.96. The van der Waals surface area contributed by atoms with Crippen LogP contribution in [-0.4, -0.2) is 17.7 Å². The van der Waals surface area contributed by atoms with Crippen molar-refractivity contribution < 1.29 is 14.7 Å². The van der Waals surface area contributed by atoms with Gasteiger partial charge in [0.1, 0.15) is 5.75 Å². The van der Waals surface area contributed by atoms with E-state index in [1.54, 1.807) is 36.4 Å². The Hall–Kier alpha value is -2.42. The van der Waals surface area contributed by atoms with Crippen LogP contribution in [0.15, 0.2) is 42.5 Å². The summed E-state index contributed by atoms with van der Waals surface area (Å²) in [7, 11) is 0. The molecule has 3 nitrogen and oxygen atoms in total. The van der Waals surface area contributed by atoms with Crippen molar-refractivity contribution in [1.29, 1.82) is 0 Å². The molecule has 0 unspecified atom stereocenters. The maximum absolute atomic E-state index is 11.0. The normalized spacial score (nSPS) is 9.88. The lowest BCUT2D eigenvalue weighted by molar-refractivity contribution is 0.111. The Morgan fingerprint density at radius 2 is 1.47 bits per heavy atom. The van der Waals surface area contributed by atoms with Gasteiger partial charge in [-0.25, -0.2) is 0 Å². The predicted molar refractivity (Wildman–Crippen MR) is 64.3 cm³/mol. The maximum Gasteiger partial charge on any atom is 0.150 e. The van der Waals surface area contributed by atoms with E-state index in [2.05, 4.69) is 0 Å². The molecule has 0 aliphatic rings. The van der Waals surface area contributed by atoms with Gasteiger partial charge in [0, 0.05) is 16.7 Å². The second-order valence-electron chi connectivity index (χ2n) is 3.56. The number of aldehydes is 2. The van der Waals surface area contributed by atoms with Crippen molar-refractivity contribution in [3.8, 4) is 16.9 Å². The zero-order valence-electron chi connectivity index (χ0n) is 8.96. The van der Waals surface area contributed by atoms with E-state index in [0.29, 0.717) is 34.8 Å². The van der Waals surface area contributed by atoms with Crippen LogP contribution in [0.4, 0.5) is 0 Å².